The molecule has 0 atom stereocenters. The van der Waals surface area contributed by atoms with Gasteiger partial charge in [0.05, 0.1) is 5.56 Å². The molecule has 0 aliphatic heterocycles. The van der Waals surface area contributed by atoms with Crippen molar-refractivity contribution in [2.75, 3.05) is 5.73 Å². The molecular formula is C11H13F6N3O. The van der Waals surface area contributed by atoms with Gasteiger partial charge in [-0.1, -0.05) is 13.8 Å². The highest BCUT2D eigenvalue weighted by Crippen LogP contribution is 2.37. The van der Waals surface area contributed by atoms with E-state index in [4.69, 9.17) is 5.73 Å². The number of aromatic nitrogens is 2. The van der Waals surface area contributed by atoms with Gasteiger partial charge in [0, 0.05) is 5.92 Å². The first kappa shape index (κ1) is 17.3. The van der Waals surface area contributed by atoms with Gasteiger partial charge in [-0.05, 0) is 6.92 Å². The maximum Gasteiger partial charge on any atom is 0.434 e. The molecule has 0 aliphatic rings. The minimum Gasteiger partial charge on any atom is -0.454 e. The summed E-state index contributed by atoms with van der Waals surface area (Å²) in [5.41, 5.74) is 5.28. The maximum atomic E-state index is 12.5. The van der Waals surface area contributed by atoms with Crippen LogP contribution < -0.4 is 10.5 Å². The molecule has 0 radical (unpaired) electrons. The number of ether oxygens (including phenoxy) is 1. The first-order chi connectivity index (χ1) is 9.34. The standard InChI is InChI=1S/C11H13F6N3O/c1-4(2)7-19-6(18)5(3)8(20-7)21-9(10(12,13)14)11(15,16)17/h4,9H,1-3H3,(H2,18,19,20). The van der Waals surface area contributed by atoms with Crippen molar-refractivity contribution in [2.24, 2.45) is 0 Å². The summed E-state index contributed by atoms with van der Waals surface area (Å²) in [5.74, 6) is -1.40. The van der Waals surface area contributed by atoms with Crippen LogP contribution in [-0.4, -0.2) is 28.4 Å². The third-order valence-electron chi connectivity index (χ3n) is 2.50. The predicted octanol–water partition coefficient (Wildman–Crippen LogP) is 3.36. The van der Waals surface area contributed by atoms with E-state index in [0.29, 0.717) is 0 Å². The molecule has 0 bridgehead atoms. The van der Waals surface area contributed by atoms with Crippen LogP contribution in [0.2, 0.25) is 0 Å². The van der Waals surface area contributed by atoms with Gasteiger partial charge in [0.25, 0.3) is 6.10 Å². The number of nitrogens with two attached hydrogens (primary N) is 1. The topological polar surface area (TPSA) is 61.0 Å². The van der Waals surface area contributed by atoms with E-state index in [-0.39, 0.29) is 23.1 Å². The highest BCUT2D eigenvalue weighted by Gasteiger charge is 2.59. The summed E-state index contributed by atoms with van der Waals surface area (Å²) >= 11 is 0. The molecule has 0 saturated heterocycles. The van der Waals surface area contributed by atoms with E-state index in [0.717, 1.165) is 0 Å². The second-order valence-corrected chi connectivity index (χ2v) is 4.63. The van der Waals surface area contributed by atoms with Crippen LogP contribution in [0, 0.1) is 6.92 Å². The smallest absolute Gasteiger partial charge is 0.434 e. The number of alkyl halides is 6. The maximum absolute atomic E-state index is 12.5. The third-order valence-corrected chi connectivity index (χ3v) is 2.50. The quantitative estimate of drug-likeness (QED) is 0.868. The number of nitrogens with zero attached hydrogens (tertiary/aromatic N) is 2. The van der Waals surface area contributed by atoms with Crippen molar-refractivity contribution in [3.05, 3.63) is 11.4 Å². The van der Waals surface area contributed by atoms with Crippen LogP contribution in [0.1, 0.15) is 31.2 Å². The Balaban J connectivity index is 3.27. The number of anilines is 1. The first-order valence-corrected chi connectivity index (χ1v) is 5.78. The lowest BCUT2D eigenvalue weighted by atomic mass is 10.2. The van der Waals surface area contributed by atoms with Crippen LogP contribution >= 0.6 is 0 Å². The molecule has 1 aromatic heterocycles. The van der Waals surface area contributed by atoms with Gasteiger partial charge in [-0.15, -0.1) is 0 Å². The molecule has 0 fully saturated rings. The van der Waals surface area contributed by atoms with Crippen molar-refractivity contribution in [2.45, 2.75) is 45.1 Å². The molecule has 0 amide bonds. The van der Waals surface area contributed by atoms with Gasteiger partial charge in [-0.25, -0.2) is 4.98 Å². The van der Waals surface area contributed by atoms with Crippen LogP contribution in [0.15, 0.2) is 0 Å². The molecule has 120 valence electrons. The predicted molar refractivity (Wildman–Crippen MR) is 61.8 cm³/mol. The van der Waals surface area contributed by atoms with E-state index < -0.39 is 24.3 Å². The van der Waals surface area contributed by atoms with Crippen molar-refractivity contribution >= 4 is 5.82 Å². The lowest BCUT2D eigenvalue weighted by molar-refractivity contribution is -0.300. The Morgan fingerprint density at radius 2 is 1.48 bits per heavy atom. The van der Waals surface area contributed by atoms with E-state index in [1.165, 1.54) is 6.92 Å². The van der Waals surface area contributed by atoms with Gasteiger partial charge in [0.2, 0.25) is 5.88 Å². The average molecular weight is 317 g/mol. The molecule has 0 aliphatic carbocycles. The van der Waals surface area contributed by atoms with E-state index in [1.54, 1.807) is 13.8 Å². The lowest BCUT2D eigenvalue weighted by Gasteiger charge is -2.24. The summed E-state index contributed by atoms with van der Waals surface area (Å²) in [7, 11) is 0. The van der Waals surface area contributed by atoms with E-state index in [9.17, 15) is 26.3 Å². The van der Waals surface area contributed by atoms with Crippen LogP contribution in [-0.2, 0) is 0 Å². The van der Waals surface area contributed by atoms with Crippen molar-refractivity contribution in [1.82, 2.24) is 9.97 Å². The van der Waals surface area contributed by atoms with Gasteiger partial charge in [0.1, 0.15) is 11.6 Å². The van der Waals surface area contributed by atoms with Crippen molar-refractivity contribution in [3.8, 4) is 5.88 Å². The van der Waals surface area contributed by atoms with Crippen LogP contribution in [0.5, 0.6) is 5.88 Å². The highest BCUT2D eigenvalue weighted by molar-refractivity contribution is 5.44. The Morgan fingerprint density at radius 3 is 1.86 bits per heavy atom. The number of hydrogen-bond donors (Lipinski definition) is 1. The molecule has 0 aromatic carbocycles. The molecule has 0 spiro atoms. The van der Waals surface area contributed by atoms with Gasteiger partial charge in [-0.2, -0.15) is 31.3 Å². The Morgan fingerprint density at radius 1 is 1.00 bits per heavy atom. The highest BCUT2D eigenvalue weighted by atomic mass is 19.4. The summed E-state index contributed by atoms with van der Waals surface area (Å²) in [4.78, 5) is 7.37. The zero-order chi connectivity index (χ0) is 16.6. The van der Waals surface area contributed by atoms with Crippen molar-refractivity contribution in [1.29, 1.82) is 0 Å². The summed E-state index contributed by atoms with van der Waals surface area (Å²) in [6.45, 7) is 4.40. The Bertz CT molecular complexity index is 498. The zero-order valence-electron chi connectivity index (χ0n) is 11.3. The lowest BCUT2D eigenvalue weighted by Crippen LogP contribution is -2.46. The molecule has 4 nitrogen and oxygen atoms in total. The van der Waals surface area contributed by atoms with Gasteiger partial charge < -0.3 is 10.5 Å². The minimum absolute atomic E-state index is 0.00352. The van der Waals surface area contributed by atoms with Crippen LogP contribution in [0.3, 0.4) is 0 Å². The van der Waals surface area contributed by atoms with Crippen LogP contribution in [0.25, 0.3) is 0 Å². The Kier molecular flexibility index (Phi) is 4.59. The van der Waals surface area contributed by atoms with E-state index in [1.807, 2.05) is 0 Å². The third kappa shape index (κ3) is 4.11. The Labute approximate surface area is 116 Å². The first-order valence-electron chi connectivity index (χ1n) is 5.78. The number of halogens is 6. The second-order valence-electron chi connectivity index (χ2n) is 4.63. The molecule has 2 N–H and O–H groups in total. The summed E-state index contributed by atoms with van der Waals surface area (Å²) in [6.07, 6.45) is -15.2. The van der Waals surface area contributed by atoms with Gasteiger partial charge in [0.15, 0.2) is 0 Å². The Hall–Kier alpha value is -1.74. The zero-order valence-corrected chi connectivity index (χ0v) is 11.3. The van der Waals surface area contributed by atoms with Gasteiger partial charge >= 0.3 is 12.4 Å². The van der Waals surface area contributed by atoms with Crippen molar-refractivity contribution in [3.63, 3.8) is 0 Å². The number of nitrogen functional groups attached to an aromatic ring is 1. The van der Waals surface area contributed by atoms with E-state index >= 15 is 0 Å². The number of rotatable bonds is 3. The molecule has 1 aromatic rings. The molecular weight excluding hydrogens is 304 g/mol. The molecule has 21 heavy (non-hydrogen) atoms. The summed E-state index contributed by atoms with van der Waals surface area (Å²) < 4.78 is 78.9. The molecule has 1 rings (SSSR count). The molecule has 0 saturated carbocycles. The monoisotopic (exact) mass is 317 g/mol. The van der Waals surface area contributed by atoms with Crippen molar-refractivity contribution < 1.29 is 31.1 Å². The molecule has 0 unspecified atom stereocenters. The largest absolute Gasteiger partial charge is 0.454 e. The fourth-order valence-electron chi connectivity index (χ4n) is 1.33. The summed E-state index contributed by atoms with van der Waals surface area (Å²) in [6, 6.07) is 0. The second kappa shape index (κ2) is 5.57. The SMILES string of the molecule is Cc1c(N)nc(C(C)C)nc1OC(C(F)(F)F)C(F)(F)F. The number of hydrogen-bond acceptors (Lipinski definition) is 4. The summed E-state index contributed by atoms with van der Waals surface area (Å²) in [5, 5.41) is 0. The normalized spacial score (nSPS) is 13.1. The van der Waals surface area contributed by atoms with E-state index in [2.05, 4.69) is 14.7 Å². The fourth-order valence-corrected chi connectivity index (χ4v) is 1.33. The average Bonchev–Trinajstić information content (AvgIpc) is 2.27. The fraction of sp³-hybridized carbons (Fsp3) is 0.636. The molecule has 10 heteroatoms. The molecule has 1 heterocycles. The van der Waals surface area contributed by atoms with Crippen LogP contribution in [0.4, 0.5) is 32.2 Å². The minimum atomic E-state index is -5.62. The van der Waals surface area contributed by atoms with Gasteiger partial charge in [-0.3, -0.25) is 0 Å².